The number of anilines is 2. The van der Waals surface area contributed by atoms with E-state index in [1.54, 1.807) is 6.07 Å². The fourth-order valence-electron chi connectivity index (χ4n) is 5.81. The van der Waals surface area contributed by atoms with Crippen molar-refractivity contribution in [1.29, 1.82) is 0 Å². The molecule has 2 saturated heterocycles. The van der Waals surface area contributed by atoms with Crippen molar-refractivity contribution >= 4 is 35.0 Å². The number of hydrogen-bond donors (Lipinski definition) is 0. The summed E-state index contributed by atoms with van der Waals surface area (Å²) in [6, 6.07) is 11.2. The van der Waals surface area contributed by atoms with Gasteiger partial charge in [-0.2, -0.15) is 0 Å². The second kappa shape index (κ2) is 8.29. The van der Waals surface area contributed by atoms with Crippen LogP contribution in [0.15, 0.2) is 48.0 Å². The molecule has 2 aromatic carbocycles. The monoisotopic (exact) mass is 470 g/mol. The second-order valence-electron chi connectivity index (χ2n) is 10.3. The molecular formula is C29H30N2O4. The summed E-state index contributed by atoms with van der Waals surface area (Å²) >= 11 is 0. The van der Waals surface area contributed by atoms with E-state index in [1.807, 2.05) is 71.0 Å². The topological polar surface area (TPSA) is 74.8 Å². The van der Waals surface area contributed by atoms with Crippen molar-refractivity contribution in [3.05, 3.63) is 70.3 Å². The zero-order valence-electron chi connectivity index (χ0n) is 20.8. The van der Waals surface area contributed by atoms with Crippen LogP contribution >= 0.6 is 0 Å². The van der Waals surface area contributed by atoms with Crippen molar-refractivity contribution in [3.8, 4) is 0 Å². The number of fused-ring (bicyclic) bond motifs is 1. The molecule has 2 heterocycles. The predicted molar refractivity (Wildman–Crippen MR) is 134 cm³/mol. The van der Waals surface area contributed by atoms with Gasteiger partial charge >= 0.3 is 0 Å². The highest BCUT2D eigenvalue weighted by molar-refractivity contribution is 6.23. The van der Waals surface area contributed by atoms with Crippen molar-refractivity contribution in [2.24, 2.45) is 23.7 Å². The lowest BCUT2D eigenvalue weighted by Crippen LogP contribution is -2.35. The molecule has 6 nitrogen and oxygen atoms in total. The molecule has 180 valence electrons. The summed E-state index contributed by atoms with van der Waals surface area (Å²) in [5, 5.41) is 0. The average Bonchev–Trinajstić information content (AvgIpc) is 3.24. The highest BCUT2D eigenvalue weighted by Gasteiger charge is 2.54. The van der Waals surface area contributed by atoms with Gasteiger partial charge < -0.3 is 0 Å². The van der Waals surface area contributed by atoms with E-state index in [-0.39, 0.29) is 36.0 Å². The SMILES string of the molecule is CC1=CC(C2CC(=O)N(c3ccc(C)c(C)c3)C2=O)CC2C(=O)N(c3ccc(C)c(C)c3)C(=O)C12. The smallest absolute Gasteiger partial charge is 0.241 e. The molecule has 2 aromatic rings. The van der Waals surface area contributed by atoms with Gasteiger partial charge in [-0.05, 0) is 93.5 Å². The number of benzene rings is 2. The second-order valence-corrected chi connectivity index (χ2v) is 10.3. The lowest BCUT2D eigenvalue weighted by Gasteiger charge is -2.29. The Kier molecular flexibility index (Phi) is 5.50. The number of imide groups is 2. The summed E-state index contributed by atoms with van der Waals surface area (Å²) < 4.78 is 0. The normalized spacial score (nSPS) is 26.5. The van der Waals surface area contributed by atoms with Crippen LogP contribution in [-0.4, -0.2) is 23.6 Å². The zero-order chi connectivity index (χ0) is 25.2. The Hall–Kier alpha value is -3.54. The Labute approximate surface area is 205 Å². The van der Waals surface area contributed by atoms with Crippen LogP contribution in [-0.2, 0) is 19.2 Å². The van der Waals surface area contributed by atoms with Gasteiger partial charge in [0.2, 0.25) is 23.6 Å². The maximum atomic E-state index is 13.5. The number of allylic oxidation sites excluding steroid dienone is 1. The van der Waals surface area contributed by atoms with Gasteiger partial charge in [0.1, 0.15) is 0 Å². The van der Waals surface area contributed by atoms with E-state index in [9.17, 15) is 19.2 Å². The lowest BCUT2D eigenvalue weighted by molar-refractivity contribution is -0.125. The summed E-state index contributed by atoms with van der Waals surface area (Å²) in [5.74, 6) is -2.69. The quantitative estimate of drug-likeness (QED) is 0.486. The molecule has 4 atom stereocenters. The van der Waals surface area contributed by atoms with Crippen LogP contribution in [0.4, 0.5) is 11.4 Å². The summed E-state index contributed by atoms with van der Waals surface area (Å²) in [5.41, 5.74) is 6.22. The van der Waals surface area contributed by atoms with Crippen molar-refractivity contribution in [2.75, 3.05) is 9.80 Å². The summed E-state index contributed by atoms with van der Waals surface area (Å²) in [6.07, 6.45) is 2.45. The average molecular weight is 471 g/mol. The molecule has 4 unspecified atom stereocenters. The van der Waals surface area contributed by atoms with Crippen LogP contribution in [0.1, 0.15) is 42.0 Å². The number of nitrogens with zero attached hydrogens (tertiary/aromatic N) is 2. The molecule has 4 amide bonds. The molecule has 0 radical (unpaired) electrons. The number of aryl methyl sites for hydroxylation is 4. The number of hydrogen-bond acceptors (Lipinski definition) is 4. The number of carbonyl (C=O) groups is 4. The summed E-state index contributed by atoms with van der Waals surface area (Å²) in [7, 11) is 0. The lowest BCUT2D eigenvalue weighted by atomic mass is 9.71. The molecule has 35 heavy (non-hydrogen) atoms. The van der Waals surface area contributed by atoms with Gasteiger partial charge in [0.25, 0.3) is 0 Å². The van der Waals surface area contributed by atoms with E-state index in [2.05, 4.69) is 0 Å². The van der Waals surface area contributed by atoms with E-state index in [0.717, 1.165) is 27.8 Å². The molecule has 0 bridgehead atoms. The molecule has 1 aliphatic carbocycles. The number of carbonyl (C=O) groups excluding carboxylic acids is 4. The Bertz CT molecular complexity index is 1320. The van der Waals surface area contributed by atoms with E-state index in [0.29, 0.717) is 17.8 Å². The minimum Gasteiger partial charge on any atom is -0.274 e. The molecule has 2 fully saturated rings. The van der Waals surface area contributed by atoms with Crippen molar-refractivity contribution in [1.82, 2.24) is 0 Å². The van der Waals surface area contributed by atoms with Gasteiger partial charge in [-0.25, -0.2) is 4.90 Å². The Morgan fingerprint density at radius 1 is 0.657 bits per heavy atom. The van der Waals surface area contributed by atoms with Gasteiger partial charge in [0.05, 0.1) is 29.1 Å². The minimum atomic E-state index is -0.529. The van der Waals surface area contributed by atoms with Crippen LogP contribution in [0.3, 0.4) is 0 Å². The van der Waals surface area contributed by atoms with Gasteiger partial charge in [0.15, 0.2) is 0 Å². The summed E-state index contributed by atoms with van der Waals surface area (Å²) in [4.78, 5) is 55.7. The third kappa shape index (κ3) is 3.63. The first-order chi connectivity index (χ1) is 16.6. The van der Waals surface area contributed by atoms with Gasteiger partial charge in [0, 0.05) is 6.42 Å². The first kappa shape index (κ1) is 23.2. The molecule has 6 heteroatoms. The van der Waals surface area contributed by atoms with E-state index >= 15 is 0 Å². The van der Waals surface area contributed by atoms with Crippen molar-refractivity contribution in [3.63, 3.8) is 0 Å². The van der Waals surface area contributed by atoms with Crippen LogP contribution in [0.25, 0.3) is 0 Å². The number of amides is 4. The molecule has 0 aromatic heterocycles. The first-order valence-corrected chi connectivity index (χ1v) is 12.2. The van der Waals surface area contributed by atoms with Crippen molar-refractivity contribution in [2.45, 2.75) is 47.5 Å². The van der Waals surface area contributed by atoms with Gasteiger partial charge in [-0.15, -0.1) is 0 Å². The summed E-state index contributed by atoms with van der Waals surface area (Å²) in [6.45, 7) is 9.76. The van der Waals surface area contributed by atoms with Gasteiger partial charge in [-0.3, -0.25) is 24.1 Å². The molecular weight excluding hydrogens is 440 g/mol. The third-order valence-corrected chi connectivity index (χ3v) is 8.12. The van der Waals surface area contributed by atoms with Crippen LogP contribution in [0, 0.1) is 51.4 Å². The standard InChI is InChI=1S/C29H30N2O4/c1-15-6-8-21(11-17(15)3)30-25(32)14-23(27(30)33)20-10-19(5)26-24(13-20)28(34)31(29(26)35)22-9-7-16(2)18(4)12-22/h6-12,20,23-24,26H,13-14H2,1-5H3. The zero-order valence-corrected chi connectivity index (χ0v) is 20.8. The fourth-order valence-corrected chi connectivity index (χ4v) is 5.81. The van der Waals surface area contributed by atoms with Crippen LogP contribution in [0.5, 0.6) is 0 Å². The number of rotatable bonds is 3. The van der Waals surface area contributed by atoms with E-state index in [1.165, 1.54) is 9.80 Å². The minimum absolute atomic E-state index is 0.112. The van der Waals surface area contributed by atoms with E-state index < -0.39 is 17.8 Å². The highest BCUT2D eigenvalue weighted by Crippen LogP contribution is 2.46. The molecule has 2 aliphatic heterocycles. The molecule has 3 aliphatic rings. The maximum absolute atomic E-state index is 13.5. The Balaban J connectivity index is 1.42. The predicted octanol–water partition coefficient (Wildman–Crippen LogP) is 4.57. The molecule has 0 N–H and O–H groups in total. The van der Waals surface area contributed by atoms with Crippen LogP contribution in [0.2, 0.25) is 0 Å². The first-order valence-electron chi connectivity index (χ1n) is 12.2. The fraction of sp³-hybridized carbons (Fsp3) is 0.379. The largest absolute Gasteiger partial charge is 0.274 e. The molecule has 0 saturated carbocycles. The third-order valence-electron chi connectivity index (χ3n) is 8.12. The molecule has 5 rings (SSSR count). The van der Waals surface area contributed by atoms with E-state index in [4.69, 9.17) is 0 Å². The molecule has 0 spiro atoms. The highest BCUT2D eigenvalue weighted by atomic mass is 16.2. The van der Waals surface area contributed by atoms with Crippen LogP contribution < -0.4 is 9.80 Å². The Morgan fingerprint density at radius 3 is 1.77 bits per heavy atom. The van der Waals surface area contributed by atoms with Crippen molar-refractivity contribution < 1.29 is 19.2 Å². The maximum Gasteiger partial charge on any atom is 0.241 e. The Morgan fingerprint density at radius 2 is 1.20 bits per heavy atom. The van der Waals surface area contributed by atoms with Gasteiger partial charge in [-0.1, -0.05) is 23.8 Å².